The lowest BCUT2D eigenvalue weighted by Crippen LogP contribution is -2.02. The SMILES string of the molecule is Fc1cc(Oc2cc(F)c(F)c(F)c2F)c(F)c(F)c1F. The maximum Gasteiger partial charge on any atom is 0.204 e. The van der Waals surface area contributed by atoms with Gasteiger partial charge in [-0.3, -0.25) is 0 Å². The Morgan fingerprint density at radius 1 is 0.476 bits per heavy atom. The Labute approximate surface area is 111 Å². The summed E-state index contributed by atoms with van der Waals surface area (Å²) in [5, 5.41) is 0. The number of benzene rings is 2. The third-order valence-electron chi connectivity index (χ3n) is 2.36. The fourth-order valence-electron chi connectivity index (χ4n) is 1.37. The zero-order valence-electron chi connectivity index (χ0n) is 9.59. The number of ether oxygens (including phenoxy) is 1. The number of hydrogen-bond donors (Lipinski definition) is 0. The van der Waals surface area contributed by atoms with E-state index in [9.17, 15) is 35.1 Å². The van der Waals surface area contributed by atoms with Crippen LogP contribution in [0.25, 0.3) is 0 Å². The van der Waals surface area contributed by atoms with Gasteiger partial charge in [-0.2, -0.15) is 8.78 Å². The van der Waals surface area contributed by atoms with Crippen molar-refractivity contribution in [3.63, 3.8) is 0 Å². The van der Waals surface area contributed by atoms with Gasteiger partial charge in [-0.1, -0.05) is 0 Å². The van der Waals surface area contributed by atoms with Crippen molar-refractivity contribution in [2.45, 2.75) is 0 Å². The smallest absolute Gasteiger partial charge is 0.204 e. The highest BCUT2D eigenvalue weighted by atomic mass is 19.2. The molecule has 2 rings (SSSR count). The van der Waals surface area contributed by atoms with Crippen LogP contribution >= 0.6 is 0 Å². The number of hydrogen-bond acceptors (Lipinski definition) is 1. The van der Waals surface area contributed by atoms with E-state index in [1.54, 1.807) is 0 Å². The molecule has 0 amide bonds. The van der Waals surface area contributed by atoms with Crippen LogP contribution in [0.15, 0.2) is 12.1 Å². The Kier molecular flexibility index (Phi) is 3.75. The minimum absolute atomic E-state index is 0.00759. The maximum atomic E-state index is 13.2. The molecule has 0 radical (unpaired) electrons. The van der Waals surface area contributed by atoms with Crippen LogP contribution in [0.2, 0.25) is 0 Å². The van der Waals surface area contributed by atoms with Crippen LogP contribution in [0, 0.1) is 46.5 Å². The Balaban J connectivity index is 2.54. The van der Waals surface area contributed by atoms with E-state index in [0.717, 1.165) is 0 Å². The quantitative estimate of drug-likeness (QED) is 0.447. The van der Waals surface area contributed by atoms with Crippen LogP contribution in [0.1, 0.15) is 0 Å². The molecule has 0 aromatic heterocycles. The van der Waals surface area contributed by atoms with E-state index in [2.05, 4.69) is 4.74 Å². The molecular formula is C12H2F8O. The summed E-state index contributed by atoms with van der Waals surface area (Å²) < 4.78 is 108. The van der Waals surface area contributed by atoms with E-state index >= 15 is 0 Å². The predicted molar refractivity (Wildman–Crippen MR) is 52.6 cm³/mol. The van der Waals surface area contributed by atoms with Gasteiger partial charge >= 0.3 is 0 Å². The first-order valence-electron chi connectivity index (χ1n) is 5.07. The molecule has 2 aromatic rings. The second-order valence-electron chi connectivity index (χ2n) is 3.70. The van der Waals surface area contributed by atoms with Crippen molar-refractivity contribution in [1.29, 1.82) is 0 Å². The minimum Gasteiger partial charge on any atom is -0.451 e. The third-order valence-corrected chi connectivity index (χ3v) is 2.36. The van der Waals surface area contributed by atoms with Crippen molar-refractivity contribution in [3.05, 3.63) is 58.7 Å². The van der Waals surface area contributed by atoms with Crippen LogP contribution in [0.5, 0.6) is 11.5 Å². The van der Waals surface area contributed by atoms with Gasteiger partial charge in [0.05, 0.1) is 0 Å². The molecule has 0 N–H and O–H groups in total. The molecular weight excluding hydrogens is 312 g/mol. The van der Waals surface area contributed by atoms with E-state index in [1.807, 2.05) is 0 Å². The van der Waals surface area contributed by atoms with Gasteiger partial charge in [-0.25, -0.2) is 26.3 Å². The molecule has 0 spiro atoms. The summed E-state index contributed by atoms with van der Waals surface area (Å²) in [6.07, 6.45) is 0. The third kappa shape index (κ3) is 2.50. The van der Waals surface area contributed by atoms with Crippen molar-refractivity contribution >= 4 is 0 Å². The number of rotatable bonds is 2. The van der Waals surface area contributed by atoms with E-state index < -0.39 is 58.0 Å². The highest BCUT2D eigenvalue weighted by Crippen LogP contribution is 2.32. The molecule has 0 saturated heterocycles. The van der Waals surface area contributed by atoms with E-state index in [4.69, 9.17) is 0 Å². The van der Waals surface area contributed by atoms with Gasteiger partial charge in [-0.15, -0.1) is 0 Å². The Morgan fingerprint density at radius 2 is 0.810 bits per heavy atom. The fourth-order valence-corrected chi connectivity index (χ4v) is 1.37. The van der Waals surface area contributed by atoms with Crippen LogP contribution in [0.4, 0.5) is 35.1 Å². The average molecular weight is 314 g/mol. The first kappa shape index (κ1) is 15.1. The largest absolute Gasteiger partial charge is 0.451 e. The predicted octanol–water partition coefficient (Wildman–Crippen LogP) is 4.59. The summed E-state index contributed by atoms with van der Waals surface area (Å²) >= 11 is 0. The fraction of sp³-hybridized carbons (Fsp3) is 0. The lowest BCUT2D eigenvalue weighted by molar-refractivity contribution is 0.344. The van der Waals surface area contributed by atoms with Gasteiger partial charge in [-0.05, 0) is 0 Å². The standard InChI is InChI=1S/C12H2F8O/c13-3-1-5(9(17)11(19)7(3)15)21-6-2-4(14)8(16)12(20)10(6)18/h1-2H. The lowest BCUT2D eigenvalue weighted by Gasteiger charge is -2.10. The Bertz CT molecular complexity index is 667. The van der Waals surface area contributed by atoms with Crippen LogP contribution in [-0.2, 0) is 0 Å². The highest BCUT2D eigenvalue weighted by molar-refractivity contribution is 5.35. The molecule has 1 nitrogen and oxygen atoms in total. The molecule has 0 aliphatic carbocycles. The van der Waals surface area contributed by atoms with E-state index in [0.29, 0.717) is 0 Å². The molecule has 0 unspecified atom stereocenters. The second kappa shape index (κ2) is 5.23. The zero-order valence-corrected chi connectivity index (χ0v) is 9.59. The van der Waals surface area contributed by atoms with Crippen molar-refractivity contribution in [3.8, 4) is 11.5 Å². The molecule has 21 heavy (non-hydrogen) atoms. The molecule has 0 aliphatic heterocycles. The summed E-state index contributed by atoms with van der Waals surface area (Å²) in [6, 6.07) is -0.0152. The maximum absolute atomic E-state index is 13.2. The molecule has 0 fully saturated rings. The van der Waals surface area contributed by atoms with Crippen LogP contribution < -0.4 is 4.74 Å². The van der Waals surface area contributed by atoms with E-state index in [1.165, 1.54) is 0 Å². The first-order chi connectivity index (χ1) is 9.73. The Hall–Kier alpha value is -2.32. The van der Waals surface area contributed by atoms with E-state index in [-0.39, 0.29) is 12.1 Å². The number of halogens is 8. The van der Waals surface area contributed by atoms with Gasteiger partial charge < -0.3 is 4.74 Å². The molecule has 2 aromatic carbocycles. The van der Waals surface area contributed by atoms with Gasteiger partial charge in [0.2, 0.25) is 23.3 Å². The minimum atomic E-state index is -2.27. The molecule has 9 heteroatoms. The van der Waals surface area contributed by atoms with Crippen molar-refractivity contribution in [1.82, 2.24) is 0 Å². The topological polar surface area (TPSA) is 9.23 Å². The summed E-state index contributed by atoms with van der Waals surface area (Å²) in [4.78, 5) is 0. The van der Waals surface area contributed by atoms with Gasteiger partial charge in [0.15, 0.2) is 34.8 Å². The van der Waals surface area contributed by atoms with Gasteiger partial charge in [0.1, 0.15) is 0 Å². The second-order valence-corrected chi connectivity index (χ2v) is 3.70. The molecule has 0 bridgehead atoms. The normalized spacial score (nSPS) is 10.9. The average Bonchev–Trinajstić information content (AvgIpc) is 2.45. The summed E-state index contributed by atoms with van der Waals surface area (Å²) in [5.74, 6) is -19.5. The highest BCUT2D eigenvalue weighted by Gasteiger charge is 2.24. The van der Waals surface area contributed by atoms with Crippen LogP contribution in [0.3, 0.4) is 0 Å². The van der Waals surface area contributed by atoms with Crippen molar-refractivity contribution < 1.29 is 39.9 Å². The lowest BCUT2D eigenvalue weighted by atomic mass is 10.2. The monoisotopic (exact) mass is 314 g/mol. The first-order valence-corrected chi connectivity index (χ1v) is 5.07. The summed E-state index contributed by atoms with van der Waals surface area (Å²) in [7, 11) is 0. The van der Waals surface area contributed by atoms with Gasteiger partial charge in [0.25, 0.3) is 0 Å². The molecule has 0 aliphatic rings. The Morgan fingerprint density at radius 3 is 1.14 bits per heavy atom. The zero-order chi connectivity index (χ0) is 15.9. The summed E-state index contributed by atoms with van der Waals surface area (Å²) in [5.41, 5.74) is 0. The molecule has 0 atom stereocenters. The van der Waals surface area contributed by atoms with Crippen molar-refractivity contribution in [2.75, 3.05) is 0 Å². The molecule has 112 valence electrons. The molecule has 0 heterocycles. The molecule has 0 saturated carbocycles. The van der Waals surface area contributed by atoms with Crippen molar-refractivity contribution in [2.24, 2.45) is 0 Å². The summed E-state index contributed by atoms with van der Waals surface area (Å²) in [6.45, 7) is 0. The van der Waals surface area contributed by atoms with Crippen LogP contribution in [-0.4, -0.2) is 0 Å². The van der Waals surface area contributed by atoms with Gasteiger partial charge in [0, 0.05) is 12.1 Å².